The van der Waals surface area contributed by atoms with Gasteiger partial charge in [0.05, 0.1) is 12.1 Å². The van der Waals surface area contributed by atoms with Crippen molar-refractivity contribution < 1.29 is 4.79 Å². The molecule has 2 N–H and O–H groups in total. The van der Waals surface area contributed by atoms with Crippen LogP contribution in [0.2, 0.25) is 0 Å². The number of rotatable bonds is 3. The first-order valence-electron chi connectivity index (χ1n) is 7.81. The minimum Gasteiger partial charge on any atom is -0.332 e. The molecule has 0 saturated carbocycles. The number of aryl methyl sites for hydroxylation is 2. The average Bonchev–Trinajstić information content (AvgIpc) is 3.10. The van der Waals surface area contributed by atoms with E-state index in [2.05, 4.69) is 47.7 Å². The van der Waals surface area contributed by atoms with Crippen molar-refractivity contribution in [3.8, 4) is 11.3 Å². The third kappa shape index (κ3) is 2.90. The van der Waals surface area contributed by atoms with Crippen molar-refractivity contribution in [2.45, 2.75) is 20.3 Å². The number of fused-ring (bicyclic) bond motifs is 1. The molecule has 24 heavy (non-hydrogen) atoms. The topological polar surface area (TPSA) is 54.0 Å². The highest BCUT2D eigenvalue weighted by Gasteiger charge is 2.18. The number of hydrogen-bond acceptors (Lipinski definition) is 4. The first-order chi connectivity index (χ1) is 11.6. The van der Waals surface area contributed by atoms with E-state index in [1.54, 1.807) is 11.3 Å². The second-order valence-corrected chi connectivity index (χ2v) is 6.99. The molecule has 4 nitrogen and oxygen atoms in total. The number of thiazole rings is 1. The number of nitrogens with zero attached hydrogens (tertiary/aromatic N) is 1. The van der Waals surface area contributed by atoms with Gasteiger partial charge in [-0.25, -0.2) is 4.98 Å². The molecule has 3 aromatic rings. The van der Waals surface area contributed by atoms with Crippen LogP contribution in [0.4, 0.5) is 16.5 Å². The van der Waals surface area contributed by atoms with Crippen molar-refractivity contribution in [1.29, 1.82) is 0 Å². The van der Waals surface area contributed by atoms with Crippen LogP contribution < -0.4 is 10.6 Å². The summed E-state index contributed by atoms with van der Waals surface area (Å²) in [6, 6.07) is 12.4. The van der Waals surface area contributed by atoms with Gasteiger partial charge >= 0.3 is 0 Å². The predicted octanol–water partition coefficient (Wildman–Crippen LogP) is 4.67. The number of amides is 1. The van der Waals surface area contributed by atoms with Crippen molar-refractivity contribution in [3.05, 3.63) is 58.5 Å². The smallest absolute Gasteiger partial charge is 0.228 e. The molecule has 1 aliphatic heterocycles. The van der Waals surface area contributed by atoms with Gasteiger partial charge in [-0.15, -0.1) is 11.3 Å². The lowest BCUT2D eigenvalue weighted by Crippen LogP contribution is -2.03. The Labute approximate surface area is 144 Å². The Bertz CT molecular complexity index is 925. The fourth-order valence-corrected chi connectivity index (χ4v) is 3.76. The SMILES string of the molecule is Cc1cc(C)cc(Nc2nc(-c3ccc4c(c3)CC(=O)N4)cs2)c1. The molecule has 5 heteroatoms. The third-order valence-corrected chi connectivity index (χ3v) is 4.76. The molecule has 0 saturated heterocycles. The molecule has 0 bridgehead atoms. The molecule has 0 atom stereocenters. The molecule has 1 amide bonds. The second kappa shape index (κ2) is 5.76. The van der Waals surface area contributed by atoms with Crippen molar-refractivity contribution >= 4 is 33.8 Å². The summed E-state index contributed by atoms with van der Waals surface area (Å²) in [6.07, 6.45) is 0.445. The summed E-state index contributed by atoms with van der Waals surface area (Å²) in [7, 11) is 0. The van der Waals surface area contributed by atoms with Crippen LogP contribution in [0.25, 0.3) is 11.3 Å². The standard InChI is InChI=1S/C19H17N3OS/c1-11-5-12(2)7-15(6-11)20-19-22-17(10-24-19)13-3-4-16-14(8-13)9-18(23)21-16/h3-8,10H,9H2,1-2H3,(H,20,22)(H,21,23). The Morgan fingerprint density at radius 2 is 1.92 bits per heavy atom. The van der Waals surface area contributed by atoms with Gasteiger partial charge in [0.2, 0.25) is 5.91 Å². The van der Waals surface area contributed by atoms with Gasteiger partial charge < -0.3 is 10.6 Å². The van der Waals surface area contributed by atoms with E-state index in [0.717, 1.165) is 33.3 Å². The van der Waals surface area contributed by atoms with E-state index in [4.69, 9.17) is 0 Å². The highest BCUT2D eigenvalue weighted by atomic mass is 32.1. The lowest BCUT2D eigenvalue weighted by molar-refractivity contribution is -0.115. The summed E-state index contributed by atoms with van der Waals surface area (Å²) in [5, 5.41) is 9.14. The Balaban J connectivity index is 1.59. The van der Waals surface area contributed by atoms with Gasteiger partial charge in [0.1, 0.15) is 0 Å². The molecule has 0 fully saturated rings. The summed E-state index contributed by atoms with van der Waals surface area (Å²) in [6.45, 7) is 4.18. The van der Waals surface area contributed by atoms with Gasteiger partial charge in [-0.05, 0) is 54.8 Å². The maximum Gasteiger partial charge on any atom is 0.228 e. The summed E-state index contributed by atoms with van der Waals surface area (Å²) < 4.78 is 0. The quantitative estimate of drug-likeness (QED) is 0.731. The highest BCUT2D eigenvalue weighted by molar-refractivity contribution is 7.14. The fourth-order valence-electron chi connectivity index (χ4n) is 3.02. The number of benzene rings is 2. The van der Waals surface area contributed by atoms with E-state index in [0.29, 0.717) is 6.42 Å². The van der Waals surface area contributed by atoms with Crippen LogP contribution in [0.5, 0.6) is 0 Å². The maximum absolute atomic E-state index is 11.5. The summed E-state index contributed by atoms with van der Waals surface area (Å²) in [5.74, 6) is 0.0533. The van der Waals surface area contributed by atoms with Gasteiger partial charge in [-0.3, -0.25) is 4.79 Å². The van der Waals surface area contributed by atoms with Crippen LogP contribution >= 0.6 is 11.3 Å². The molecule has 0 unspecified atom stereocenters. The Hall–Kier alpha value is -2.66. The molecule has 0 spiro atoms. The molecule has 4 rings (SSSR count). The van der Waals surface area contributed by atoms with Gasteiger partial charge in [-0.2, -0.15) is 0 Å². The van der Waals surface area contributed by atoms with Crippen LogP contribution in [0, 0.1) is 13.8 Å². The molecule has 120 valence electrons. The van der Waals surface area contributed by atoms with E-state index in [1.807, 2.05) is 23.6 Å². The monoisotopic (exact) mass is 335 g/mol. The zero-order valence-electron chi connectivity index (χ0n) is 13.5. The third-order valence-electron chi connectivity index (χ3n) is 4.00. The van der Waals surface area contributed by atoms with Crippen molar-refractivity contribution in [1.82, 2.24) is 4.98 Å². The first kappa shape index (κ1) is 14.9. The number of aromatic nitrogens is 1. The van der Waals surface area contributed by atoms with Crippen molar-refractivity contribution in [2.24, 2.45) is 0 Å². The molecule has 1 aliphatic rings. The number of anilines is 3. The molecular formula is C19H17N3OS. The zero-order chi connectivity index (χ0) is 16.7. The number of carbonyl (C=O) groups is 1. The Kier molecular flexibility index (Phi) is 3.58. The van der Waals surface area contributed by atoms with Crippen molar-refractivity contribution in [2.75, 3.05) is 10.6 Å². The molecule has 2 heterocycles. The molecule has 1 aromatic heterocycles. The molecule has 0 aliphatic carbocycles. The number of hydrogen-bond donors (Lipinski definition) is 2. The van der Waals surface area contributed by atoms with Gasteiger partial charge in [0.15, 0.2) is 5.13 Å². The van der Waals surface area contributed by atoms with E-state index in [1.165, 1.54) is 11.1 Å². The largest absolute Gasteiger partial charge is 0.332 e. The first-order valence-corrected chi connectivity index (χ1v) is 8.69. The van der Waals surface area contributed by atoms with E-state index >= 15 is 0 Å². The van der Waals surface area contributed by atoms with Crippen LogP contribution in [0.3, 0.4) is 0 Å². The average molecular weight is 335 g/mol. The van der Waals surface area contributed by atoms with Crippen LogP contribution in [-0.2, 0) is 11.2 Å². The summed E-state index contributed by atoms with van der Waals surface area (Å²) in [4.78, 5) is 16.2. The van der Waals surface area contributed by atoms with E-state index in [9.17, 15) is 4.79 Å². The minimum absolute atomic E-state index is 0.0533. The van der Waals surface area contributed by atoms with Crippen molar-refractivity contribution in [3.63, 3.8) is 0 Å². The number of carbonyl (C=O) groups excluding carboxylic acids is 1. The van der Waals surface area contributed by atoms with Crippen LogP contribution in [-0.4, -0.2) is 10.9 Å². The van der Waals surface area contributed by atoms with Gasteiger partial charge in [-0.1, -0.05) is 12.1 Å². The molecular weight excluding hydrogens is 318 g/mol. The lowest BCUT2D eigenvalue weighted by Gasteiger charge is -2.05. The predicted molar refractivity (Wildman–Crippen MR) is 99.1 cm³/mol. The lowest BCUT2D eigenvalue weighted by atomic mass is 10.1. The fraction of sp³-hybridized carbons (Fsp3) is 0.158. The highest BCUT2D eigenvalue weighted by Crippen LogP contribution is 2.31. The van der Waals surface area contributed by atoms with E-state index < -0.39 is 0 Å². The number of nitrogens with one attached hydrogen (secondary N) is 2. The molecule has 0 radical (unpaired) electrons. The Morgan fingerprint density at radius 3 is 2.71 bits per heavy atom. The zero-order valence-corrected chi connectivity index (χ0v) is 14.3. The minimum atomic E-state index is 0.0533. The maximum atomic E-state index is 11.5. The Morgan fingerprint density at radius 1 is 1.12 bits per heavy atom. The summed E-state index contributed by atoms with van der Waals surface area (Å²) in [5.41, 5.74) is 7.41. The van der Waals surface area contributed by atoms with Crippen LogP contribution in [0.15, 0.2) is 41.8 Å². The molecule has 2 aromatic carbocycles. The van der Waals surface area contributed by atoms with E-state index in [-0.39, 0.29) is 5.91 Å². The second-order valence-electron chi connectivity index (χ2n) is 6.14. The van der Waals surface area contributed by atoms with Gasteiger partial charge in [0.25, 0.3) is 0 Å². The summed E-state index contributed by atoms with van der Waals surface area (Å²) >= 11 is 1.58. The normalized spacial score (nSPS) is 12.8. The van der Waals surface area contributed by atoms with Gasteiger partial charge in [0, 0.05) is 22.3 Å². The van der Waals surface area contributed by atoms with Crippen LogP contribution in [0.1, 0.15) is 16.7 Å².